The second-order valence-electron chi connectivity index (χ2n) is 6.46. The van der Waals surface area contributed by atoms with Crippen molar-refractivity contribution in [2.75, 3.05) is 13.2 Å². The topological polar surface area (TPSA) is 97.8 Å². The van der Waals surface area contributed by atoms with Crippen molar-refractivity contribution in [3.8, 4) is 5.88 Å². The van der Waals surface area contributed by atoms with Gasteiger partial charge in [0.05, 0.1) is 31.2 Å². The maximum atomic E-state index is 12.6. The van der Waals surface area contributed by atoms with Gasteiger partial charge in [-0.15, -0.1) is 0 Å². The van der Waals surface area contributed by atoms with Gasteiger partial charge < -0.3 is 19.9 Å². The number of nitrogens with zero attached hydrogens (tertiary/aromatic N) is 1. The van der Waals surface area contributed by atoms with Gasteiger partial charge in [0.15, 0.2) is 0 Å². The van der Waals surface area contributed by atoms with Crippen LogP contribution in [0, 0.1) is 0 Å². The minimum absolute atomic E-state index is 0.0566. The zero-order valence-corrected chi connectivity index (χ0v) is 15.9. The van der Waals surface area contributed by atoms with Crippen molar-refractivity contribution < 1.29 is 24.2 Å². The molecular weight excluding hydrogens is 384 g/mol. The summed E-state index contributed by atoms with van der Waals surface area (Å²) < 4.78 is 11.1. The number of hydrogen-bond acceptors (Lipinski definition) is 5. The van der Waals surface area contributed by atoms with Gasteiger partial charge >= 0.3 is 5.97 Å². The number of hydrogen-bond donors (Lipinski definition) is 2. The third kappa shape index (κ3) is 5.43. The van der Waals surface area contributed by atoms with Crippen LogP contribution >= 0.6 is 11.6 Å². The zero-order chi connectivity index (χ0) is 19.9. The molecule has 0 spiro atoms. The number of benzene rings is 1. The first-order valence-corrected chi connectivity index (χ1v) is 9.38. The van der Waals surface area contributed by atoms with E-state index in [0.717, 1.165) is 12.8 Å². The molecule has 2 aromatic rings. The molecule has 1 fully saturated rings. The van der Waals surface area contributed by atoms with E-state index in [1.54, 1.807) is 36.4 Å². The summed E-state index contributed by atoms with van der Waals surface area (Å²) in [5, 5.41) is 12.3. The van der Waals surface area contributed by atoms with Crippen LogP contribution in [0.2, 0.25) is 5.02 Å². The van der Waals surface area contributed by atoms with Crippen molar-refractivity contribution >= 4 is 23.5 Å². The summed E-state index contributed by atoms with van der Waals surface area (Å²) in [6, 6.07) is 9.31. The fourth-order valence-corrected chi connectivity index (χ4v) is 3.23. The Hall–Kier alpha value is -2.64. The highest BCUT2D eigenvalue weighted by molar-refractivity contribution is 6.31. The van der Waals surface area contributed by atoms with Crippen LogP contribution in [0.1, 0.15) is 41.2 Å². The maximum Gasteiger partial charge on any atom is 0.305 e. The molecule has 8 heteroatoms. The summed E-state index contributed by atoms with van der Waals surface area (Å²) in [5.41, 5.74) is 0.856. The highest BCUT2D eigenvalue weighted by Gasteiger charge is 2.21. The first-order chi connectivity index (χ1) is 13.5. The number of amides is 1. The number of ether oxygens (including phenoxy) is 2. The molecule has 148 valence electrons. The van der Waals surface area contributed by atoms with Gasteiger partial charge in [0, 0.05) is 30.1 Å². The molecule has 2 heterocycles. The molecule has 1 unspecified atom stereocenters. The summed E-state index contributed by atoms with van der Waals surface area (Å²) in [6.07, 6.45) is 2.79. The molecule has 28 heavy (non-hydrogen) atoms. The number of aliphatic carboxylic acids is 1. The molecule has 7 nitrogen and oxygen atoms in total. The lowest BCUT2D eigenvalue weighted by Crippen LogP contribution is -2.30. The quantitative estimate of drug-likeness (QED) is 0.735. The van der Waals surface area contributed by atoms with E-state index in [1.807, 2.05) is 0 Å². The molecule has 2 N–H and O–H groups in total. The number of pyridine rings is 1. The van der Waals surface area contributed by atoms with Crippen LogP contribution in [0.4, 0.5) is 0 Å². The molecule has 3 rings (SSSR count). The van der Waals surface area contributed by atoms with Crippen molar-refractivity contribution in [2.24, 2.45) is 0 Å². The Bertz CT molecular complexity index is 822. The number of rotatable bonds is 7. The molecule has 1 aliphatic rings. The Morgan fingerprint density at radius 1 is 1.25 bits per heavy atom. The van der Waals surface area contributed by atoms with Gasteiger partial charge in [0.2, 0.25) is 5.88 Å². The molecular formula is C20H21ClN2O5. The van der Waals surface area contributed by atoms with Gasteiger partial charge in [0.25, 0.3) is 5.91 Å². The Balaban J connectivity index is 1.67. The van der Waals surface area contributed by atoms with E-state index >= 15 is 0 Å². The van der Waals surface area contributed by atoms with Gasteiger partial charge in [0.1, 0.15) is 6.10 Å². The highest BCUT2D eigenvalue weighted by Crippen LogP contribution is 2.25. The first kappa shape index (κ1) is 20.1. The molecule has 1 atom stereocenters. The van der Waals surface area contributed by atoms with Crippen LogP contribution in [0.25, 0.3) is 0 Å². The van der Waals surface area contributed by atoms with Crippen molar-refractivity contribution in [2.45, 2.75) is 31.4 Å². The van der Waals surface area contributed by atoms with Crippen LogP contribution in [0.15, 0.2) is 42.6 Å². The first-order valence-electron chi connectivity index (χ1n) is 9.00. The van der Waals surface area contributed by atoms with Crippen molar-refractivity contribution in [1.29, 1.82) is 0 Å². The average Bonchev–Trinajstić information content (AvgIpc) is 2.69. The molecule has 1 amide bonds. The Morgan fingerprint density at radius 2 is 2.00 bits per heavy atom. The van der Waals surface area contributed by atoms with E-state index in [1.165, 1.54) is 6.20 Å². The lowest BCUT2D eigenvalue weighted by Gasteiger charge is -2.22. The SMILES string of the molecule is O=C(O)CC(NC(=O)c1ccc(OC2CCOCC2)nc1)c1ccccc1Cl. The molecule has 0 aliphatic carbocycles. The van der Waals surface area contributed by atoms with Crippen molar-refractivity contribution in [3.63, 3.8) is 0 Å². The number of carbonyl (C=O) groups excluding carboxylic acids is 1. The van der Waals surface area contributed by atoms with E-state index in [9.17, 15) is 14.7 Å². The highest BCUT2D eigenvalue weighted by atomic mass is 35.5. The molecule has 1 aromatic carbocycles. The number of aromatic nitrogens is 1. The summed E-state index contributed by atoms with van der Waals surface area (Å²) in [4.78, 5) is 28.0. The molecule has 0 radical (unpaired) electrons. The van der Waals surface area contributed by atoms with Crippen LogP contribution in [-0.2, 0) is 9.53 Å². The fraction of sp³-hybridized carbons (Fsp3) is 0.350. The largest absolute Gasteiger partial charge is 0.481 e. The van der Waals surface area contributed by atoms with Gasteiger partial charge in [-0.25, -0.2) is 4.98 Å². The van der Waals surface area contributed by atoms with Crippen LogP contribution < -0.4 is 10.1 Å². The van der Waals surface area contributed by atoms with Crippen LogP contribution in [0.3, 0.4) is 0 Å². The number of carboxylic acid groups (broad SMARTS) is 1. The van der Waals surface area contributed by atoms with Gasteiger partial charge in [-0.2, -0.15) is 0 Å². The predicted molar refractivity (Wildman–Crippen MR) is 103 cm³/mol. The smallest absolute Gasteiger partial charge is 0.305 e. The third-order valence-corrected chi connectivity index (χ3v) is 4.76. The number of carbonyl (C=O) groups is 2. The summed E-state index contributed by atoms with van der Waals surface area (Å²) in [5.74, 6) is -1.03. The minimum Gasteiger partial charge on any atom is -0.481 e. The van der Waals surface area contributed by atoms with Gasteiger partial charge in [-0.05, 0) is 17.7 Å². The lowest BCUT2D eigenvalue weighted by atomic mass is 10.0. The molecule has 1 aliphatic heterocycles. The standard InChI is InChI=1S/C20H21ClN2O5/c21-16-4-2-1-3-15(16)17(11-19(24)25)23-20(26)13-5-6-18(22-12-13)28-14-7-9-27-10-8-14/h1-6,12,14,17H,7-11H2,(H,23,26)(H,24,25). The summed E-state index contributed by atoms with van der Waals surface area (Å²) >= 11 is 6.16. The number of halogens is 1. The summed E-state index contributed by atoms with van der Waals surface area (Å²) in [7, 11) is 0. The van der Waals surface area contributed by atoms with Crippen LogP contribution in [-0.4, -0.2) is 41.3 Å². The normalized spacial score (nSPS) is 15.6. The molecule has 1 saturated heterocycles. The molecule has 0 saturated carbocycles. The minimum atomic E-state index is -1.04. The Labute approximate surface area is 167 Å². The van der Waals surface area contributed by atoms with E-state index < -0.39 is 17.9 Å². The second kappa shape index (κ2) is 9.52. The number of nitrogens with one attached hydrogen (secondary N) is 1. The van der Waals surface area contributed by atoms with Crippen molar-refractivity contribution in [3.05, 3.63) is 58.7 Å². The fourth-order valence-electron chi connectivity index (χ4n) is 2.96. The van der Waals surface area contributed by atoms with Crippen LogP contribution in [0.5, 0.6) is 5.88 Å². The Kier molecular flexibility index (Phi) is 6.84. The average molecular weight is 405 g/mol. The van der Waals surface area contributed by atoms with Gasteiger partial charge in [-0.1, -0.05) is 29.8 Å². The van der Waals surface area contributed by atoms with E-state index in [4.69, 9.17) is 21.1 Å². The summed E-state index contributed by atoms with van der Waals surface area (Å²) in [6.45, 7) is 1.33. The second-order valence-corrected chi connectivity index (χ2v) is 6.87. The van der Waals surface area contributed by atoms with E-state index in [2.05, 4.69) is 10.3 Å². The molecule has 0 bridgehead atoms. The van der Waals surface area contributed by atoms with Gasteiger partial charge in [-0.3, -0.25) is 9.59 Å². The monoisotopic (exact) mass is 404 g/mol. The lowest BCUT2D eigenvalue weighted by molar-refractivity contribution is -0.137. The zero-order valence-electron chi connectivity index (χ0n) is 15.1. The maximum absolute atomic E-state index is 12.6. The van der Waals surface area contributed by atoms with Crippen molar-refractivity contribution in [1.82, 2.24) is 10.3 Å². The predicted octanol–water partition coefficient (Wildman–Crippen LogP) is 3.24. The van der Waals surface area contributed by atoms with E-state index in [0.29, 0.717) is 35.2 Å². The van der Waals surface area contributed by atoms with E-state index in [-0.39, 0.29) is 12.5 Å². The number of carboxylic acids is 1. The third-order valence-electron chi connectivity index (χ3n) is 4.42. The Morgan fingerprint density at radius 3 is 2.64 bits per heavy atom. The molecule has 1 aromatic heterocycles.